The Bertz CT molecular complexity index is 610. The molecule has 0 amide bonds. The first-order valence-electron chi connectivity index (χ1n) is 6.37. The van der Waals surface area contributed by atoms with Gasteiger partial charge >= 0.3 is 11.9 Å². The fraction of sp³-hybridized carbons (Fsp3) is 0.333. The number of hydrogen-bond donors (Lipinski definition) is 0. The molecule has 1 aromatic carbocycles. The Balaban J connectivity index is 2.23. The molecule has 0 radical (unpaired) electrons. The van der Waals surface area contributed by atoms with Gasteiger partial charge in [0.2, 0.25) is 0 Å². The zero-order valence-corrected chi connectivity index (χ0v) is 11.3. The van der Waals surface area contributed by atoms with Crippen LogP contribution in [0.5, 0.6) is 0 Å². The number of nitrogens with zero attached hydrogens (tertiary/aromatic N) is 1. The Hall–Kier alpha value is -2.30. The van der Waals surface area contributed by atoms with Gasteiger partial charge < -0.3 is 14.4 Å². The van der Waals surface area contributed by atoms with E-state index in [1.807, 2.05) is 35.2 Å². The summed E-state index contributed by atoms with van der Waals surface area (Å²) in [6, 6.07) is 7.50. The van der Waals surface area contributed by atoms with Crippen molar-refractivity contribution in [1.29, 1.82) is 0 Å². The number of benzene rings is 1. The highest BCUT2D eigenvalue weighted by Gasteiger charge is 2.61. The molecule has 0 bridgehead atoms. The van der Waals surface area contributed by atoms with Crippen LogP contribution in [0, 0.1) is 0 Å². The first kappa shape index (κ1) is 12.7. The first-order chi connectivity index (χ1) is 9.66. The number of anilines is 1. The summed E-state index contributed by atoms with van der Waals surface area (Å²) in [6.07, 6.45) is 3.63. The topological polar surface area (TPSA) is 55.8 Å². The van der Waals surface area contributed by atoms with Gasteiger partial charge in [-0.05, 0) is 17.7 Å². The maximum absolute atomic E-state index is 12.4. The zero-order valence-electron chi connectivity index (χ0n) is 11.3. The van der Waals surface area contributed by atoms with Crippen LogP contribution in [0.1, 0.15) is 11.5 Å². The van der Waals surface area contributed by atoms with E-state index in [1.165, 1.54) is 14.2 Å². The lowest BCUT2D eigenvalue weighted by atomic mass is 9.82. The average molecular weight is 273 g/mol. The molecule has 0 N–H and O–H groups in total. The van der Waals surface area contributed by atoms with E-state index in [0.717, 1.165) is 11.3 Å². The summed E-state index contributed by atoms with van der Waals surface area (Å²) in [6.45, 7) is 0.569. The van der Waals surface area contributed by atoms with Gasteiger partial charge in [0.15, 0.2) is 5.54 Å². The summed E-state index contributed by atoms with van der Waals surface area (Å²) in [7, 11) is 2.66. The molecule has 0 saturated heterocycles. The SMILES string of the molecule is COC(=O)[C@@H]1c2ccccc2N2CC=C[C@]12C(=O)OC. The van der Waals surface area contributed by atoms with Crippen molar-refractivity contribution in [1.82, 2.24) is 0 Å². The smallest absolute Gasteiger partial charge is 0.337 e. The number of rotatable bonds is 2. The number of carbonyl (C=O) groups excluding carboxylic acids is 2. The van der Waals surface area contributed by atoms with Crippen LogP contribution < -0.4 is 4.90 Å². The van der Waals surface area contributed by atoms with Crippen molar-refractivity contribution >= 4 is 17.6 Å². The number of esters is 2. The van der Waals surface area contributed by atoms with Gasteiger partial charge in [0.05, 0.1) is 14.2 Å². The van der Waals surface area contributed by atoms with Crippen molar-refractivity contribution in [2.75, 3.05) is 25.7 Å². The van der Waals surface area contributed by atoms with Crippen molar-refractivity contribution in [3.05, 3.63) is 42.0 Å². The Labute approximate surface area is 116 Å². The molecule has 2 aliphatic rings. The van der Waals surface area contributed by atoms with Gasteiger partial charge in [-0.3, -0.25) is 4.79 Å². The lowest BCUT2D eigenvalue weighted by molar-refractivity contribution is -0.153. The molecule has 5 nitrogen and oxygen atoms in total. The van der Waals surface area contributed by atoms with Gasteiger partial charge in [0, 0.05) is 12.2 Å². The van der Waals surface area contributed by atoms with Crippen LogP contribution in [0.2, 0.25) is 0 Å². The molecule has 3 rings (SSSR count). The molecular weight excluding hydrogens is 258 g/mol. The van der Waals surface area contributed by atoms with Gasteiger partial charge in [-0.25, -0.2) is 4.79 Å². The van der Waals surface area contributed by atoms with Gasteiger partial charge in [0.25, 0.3) is 0 Å². The molecule has 5 heteroatoms. The van der Waals surface area contributed by atoms with Gasteiger partial charge in [-0.2, -0.15) is 0 Å². The quantitative estimate of drug-likeness (QED) is 0.599. The highest BCUT2D eigenvalue weighted by Crippen LogP contribution is 2.51. The van der Waals surface area contributed by atoms with Crippen molar-refractivity contribution < 1.29 is 19.1 Å². The number of hydrogen-bond acceptors (Lipinski definition) is 5. The number of methoxy groups -OCH3 is 2. The summed E-state index contributed by atoms with van der Waals surface area (Å²) < 4.78 is 9.87. The van der Waals surface area contributed by atoms with Crippen LogP contribution >= 0.6 is 0 Å². The first-order valence-corrected chi connectivity index (χ1v) is 6.37. The van der Waals surface area contributed by atoms with E-state index in [9.17, 15) is 9.59 Å². The van der Waals surface area contributed by atoms with Gasteiger partial charge in [-0.15, -0.1) is 0 Å². The third kappa shape index (κ3) is 1.37. The summed E-state index contributed by atoms with van der Waals surface area (Å²) in [5, 5.41) is 0. The van der Waals surface area contributed by atoms with Crippen LogP contribution in [0.4, 0.5) is 5.69 Å². The predicted octanol–water partition coefficient (Wildman–Crippen LogP) is 1.24. The Kier molecular flexibility index (Phi) is 2.78. The molecule has 2 aliphatic heterocycles. The lowest BCUT2D eigenvalue weighted by Crippen LogP contribution is -2.53. The van der Waals surface area contributed by atoms with E-state index in [1.54, 1.807) is 6.08 Å². The summed E-state index contributed by atoms with van der Waals surface area (Å²) in [5.74, 6) is -1.58. The number of para-hydroxylation sites is 1. The normalized spacial score (nSPS) is 26.1. The van der Waals surface area contributed by atoms with Crippen LogP contribution in [-0.4, -0.2) is 38.2 Å². The standard InChI is InChI=1S/C15H15NO4/c1-19-13(17)12-10-6-3-4-7-11(10)16-9-5-8-15(12,16)14(18)20-2/h3-8,12H,9H2,1-2H3/t12-,15+/m0/s1. The van der Waals surface area contributed by atoms with E-state index in [0.29, 0.717) is 6.54 Å². The molecule has 0 unspecified atom stereocenters. The second-order valence-corrected chi connectivity index (χ2v) is 4.84. The van der Waals surface area contributed by atoms with Gasteiger partial charge in [-0.1, -0.05) is 24.3 Å². The number of ether oxygens (including phenoxy) is 2. The monoisotopic (exact) mass is 273 g/mol. The maximum atomic E-state index is 12.4. The molecule has 2 atom stereocenters. The largest absolute Gasteiger partial charge is 0.468 e. The van der Waals surface area contributed by atoms with E-state index >= 15 is 0 Å². The van der Waals surface area contributed by atoms with Crippen molar-refractivity contribution in [2.24, 2.45) is 0 Å². The minimum Gasteiger partial charge on any atom is -0.468 e. The molecule has 0 aromatic heterocycles. The highest BCUT2D eigenvalue weighted by atomic mass is 16.5. The second-order valence-electron chi connectivity index (χ2n) is 4.84. The van der Waals surface area contributed by atoms with E-state index in [2.05, 4.69) is 0 Å². The minimum atomic E-state index is -1.12. The van der Waals surface area contributed by atoms with E-state index in [-0.39, 0.29) is 0 Å². The Morgan fingerprint density at radius 1 is 1.25 bits per heavy atom. The zero-order chi connectivity index (χ0) is 14.3. The molecule has 0 fully saturated rings. The van der Waals surface area contributed by atoms with E-state index < -0.39 is 23.4 Å². The molecule has 0 aliphatic carbocycles. The maximum Gasteiger partial charge on any atom is 0.337 e. The van der Waals surface area contributed by atoms with Crippen LogP contribution in [0.3, 0.4) is 0 Å². The fourth-order valence-electron chi connectivity index (χ4n) is 3.23. The summed E-state index contributed by atoms with van der Waals surface area (Å²) in [5.41, 5.74) is 0.554. The number of fused-ring (bicyclic) bond motifs is 3. The molecular formula is C15H15NO4. The molecule has 104 valence electrons. The fourth-order valence-corrected chi connectivity index (χ4v) is 3.23. The molecule has 0 spiro atoms. The van der Waals surface area contributed by atoms with Crippen molar-refractivity contribution in [3.63, 3.8) is 0 Å². The third-order valence-corrected chi connectivity index (χ3v) is 4.03. The summed E-state index contributed by atoms with van der Waals surface area (Å²) in [4.78, 5) is 26.5. The van der Waals surface area contributed by atoms with Gasteiger partial charge in [0.1, 0.15) is 5.92 Å². The third-order valence-electron chi connectivity index (χ3n) is 4.03. The molecule has 20 heavy (non-hydrogen) atoms. The molecule has 1 aromatic rings. The number of carbonyl (C=O) groups is 2. The highest BCUT2D eigenvalue weighted by molar-refractivity contribution is 6.02. The Morgan fingerprint density at radius 2 is 2.00 bits per heavy atom. The molecule has 0 saturated carbocycles. The summed E-state index contributed by atoms with van der Waals surface area (Å²) >= 11 is 0. The minimum absolute atomic E-state index is 0.433. The average Bonchev–Trinajstić information content (AvgIpc) is 3.02. The Morgan fingerprint density at radius 3 is 2.70 bits per heavy atom. The second kappa shape index (κ2) is 4.37. The van der Waals surface area contributed by atoms with Crippen LogP contribution in [0.15, 0.2) is 36.4 Å². The van der Waals surface area contributed by atoms with E-state index in [4.69, 9.17) is 9.47 Å². The van der Waals surface area contributed by atoms with Crippen LogP contribution in [-0.2, 0) is 19.1 Å². The predicted molar refractivity (Wildman–Crippen MR) is 72.4 cm³/mol. The molecule has 2 heterocycles. The van der Waals surface area contributed by atoms with Crippen molar-refractivity contribution in [2.45, 2.75) is 11.5 Å². The van der Waals surface area contributed by atoms with Crippen molar-refractivity contribution in [3.8, 4) is 0 Å². The van der Waals surface area contributed by atoms with Crippen LogP contribution in [0.25, 0.3) is 0 Å². The lowest BCUT2D eigenvalue weighted by Gasteiger charge is -2.33.